The maximum absolute atomic E-state index is 12.0. The van der Waals surface area contributed by atoms with Gasteiger partial charge in [0.1, 0.15) is 5.75 Å². The van der Waals surface area contributed by atoms with E-state index in [2.05, 4.69) is 16.7 Å². The van der Waals surface area contributed by atoms with Gasteiger partial charge in [0.25, 0.3) is 0 Å². The number of amides is 1. The summed E-state index contributed by atoms with van der Waals surface area (Å²) >= 11 is 0. The molecule has 0 radical (unpaired) electrons. The number of para-hydroxylation sites is 1. The van der Waals surface area contributed by atoms with Gasteiger partial charge < -0.3 is 20.3 Å². The number of nitrogens with zero attached hydrogens (tertiary/aromatic N) is 1. The van der Waals surface area contributed by atoms with E-state index < -0.39 is 0 Å². The second kappa shape index (κ2) is 9.69. The quantitative estimate of drug-likeness (QED) is 0.689. The van der Waals surface area contributed by atoms with Crippen LogP contribution in [-0.4, -0.2) is 40.2 Å². The number of carbonyl (C=O) groups excluding carboxylic acids is 1. The number of anilines is 2. The van der Waals surface area contributed by atoms with Crippen LogP contribution < -0.4 is 20.3 Å². The van der Waals surface area contributed by atoms with Crippen LogP contribution in [0.3, 0.4) is 0 Å². The molecule has 0 heterocycles. The molecule has 2 rings (SSSR count). The zero-order valence-electron chi connectivity index (χ0n) is 15.2. The minimum atomic E-state index is 0.0161. The Morgan fingerprint density at radius 1 is 1.04 bits per heavy atom. The minimum Gasteiger partial charge on any atom is -0.496 e. The molecule has 0 fully saturated rings. The average Bonchev–Trinajstić information content (AvgIpc) is 2.62. The van der Waals surface area contributed by atoms with Crippen LogP contribution in [-0.2, 0) is 11.2 Å². The predicted octanol–water partition coefficient (Wildman–Crippen LogP) is 2.92. The Bertz CT molecular complexity index is 669. The summed E-state index contributed by atoms with van der Waals surface area (Å²) in [4.78, 5) is 14.0. The van der Waals surface area contributed by atoms with E-state index in [1.54, 1.807) is 7.11 Å². The Morgan fingerprint density at radius 2 is 1.76 bits per heavy atom. The van der Waals surface area contributed by atoms with Gasteiger partial charge in [0, 0.05) is 38.4 Å². The van der Waals surface area contributed by atoms with Crippen molar-refractivity contribution in [3.8, 4) is 5.75 Å². The largest absolute Gasteiger partial charge is 0.496 e. The lowest BCUT2D eigenvalue weighted by Crippen LogP contribution is -2.23. The third-order valence-corrected chi connectivity index (χ3v) is 3.96. The van der Waals surface area contributed by atoms with Gasteiger partial charge in [-0.05, 0) is 48.9 Å². The maximum atomic E-state index is 12.0. The van der Waals surface area contributed by atoms with Gasteiger partial charge >= 0.3 is 0 Å². The van der Waals surface area contributed by atoms with Crippen LogP contribution in [0.25, 0.3) is 0 Å². The molecule has 2 aromatic carbocycles. The molecule has 0 aliphatic carbocycles. The molecule has 5 heteroatoms. The van der Waals surface area contributed by atoms with Crippen molar-refractivity contribution in [1.29, 1.82) is 0 Å². The SMILES string of the molecule is COc1ccccc1CCNCCC(=O)Nc1ccc(N(C)C)cc1. The molecule has 0 aromatic heterocycles. The topological polar surface area (TPSA) is 53.6 Å². The second-order valence-corrected chi connectivity index (χ2v) is 6.05. The van der Waals surface area contributed by atoms with Crippen molar-refractivity contribution in [2.24, 2.45) is 0 Å². The summed E-state index contributed by atoms with van der Waals surface area (Å²) in [5.74, 6) is 0.922. The van der Waals surface area contributed by atoms with Crippen molar-refractivity contribution < 1.29 is 9.53 Å². The van der Waals surface area contributed by atoms with Crippen LogP contribution in [0.2, 0.25) is 0 Å². The van der Waals surface area contributed by atoms with Gasteiger partial charge in [-0.1, -0.05) is 18.2 Å². The van der Waals surface area contributed by atoms with Crippen LogP contribution in [0.15, 0.2) is 48.5 Å². The standard InChI is InChI=1S/C20H27N3O2/c1-23(2)18-10-8-17(9-11-18)22-20(24)13-15-21-14-12-16-6-4-5-7-19(16)25-3/h4-11,21H,12-15H2,1-3H3,(H,22,24). The van der Waals surface area contributed by atoms with Crippen LogP contribution in [0.4, 0.5) is 11.4 Å². The predicted molar refractivity (Wildman–Crippen MR) is 104 cm³/mol. The monoisotopic (exact) mass is 341 g/mol. The van der Waals surface area contributed by atoms with E-state index in [0.717, 1.165) is 30.1 Å². The van der Waals surface area contributed by atoms with Gasteiger partial charge in [0.05, 0.1) is 7.11 Å². The van der Waals surface area contributed by atoms with Gasteiger partial charge in [0.15, 0.2) is 0 Å². The van der Waals surface area contributed by atoms with Gasteiger partial charge in [-0.2, -0.15) is 0 Å². The van der Waals surface area contributed by atoms with E-state index in [1.807, 2.05) is 61.5 Å². The van der Waals surface area contributed by atoms with E-state index in [1.165, 1.54) is 5.56 Å². The fourth-order valence-electron chi connectivity index (χ4n) is 2.53. The smallest absolute Gasteiger partial charge is 0.225 e. The lowest BCUT2D eigenvalue weighted by Gasteiger charge is -2.13. The Hall–Kier alpha value is -2.53. The fraction of sp³-hybridized carbons (Fsp3) is 0.350. The van der Waals surface area contributed by atoms with Crippen LogP contribution >= 0.6 is 0 Å². The molecular weight excluding hydrogens is 314 g/mol. The molecule has 1 amide bonds. The number of ether oxygens (including phenoxy) is 1. The first-order valence-electron chi connectivity index (χ1n) is 8.50. The summed E-state index contributed by atoms with van der Waals surface area (Å²) in [6.07, 6.45) is 1.32. The molecular formula is C20H27N3O2. The summed E-state index contributed by atoms with van der Waals surface area (Å²) in [5.41, 5.74) is 3.10. The van der Waals surface area contributed by atoms with Crippen molar-refractivity contribution in [1.82, 2.24) is 5.32 Å². The second-order valence-electron chi connectivity index (χ2n) is 6.05. The van der Waals surface area contributed by atoms with E-state index in [0.29, 0.717) is 13.0 Å². The van der Waals surface area contributed by atoms with Crippen molar-refractivity contribution in [3.63, 3.8) is 0 Å². The van der Waals surface area contributed by atoms with Crippen LogP contribution in [0.5, 0.6) is 5.75 Å². The third kappa shape index (κ3) is 6.12. The van der Waals surface area contributed by atoms with E-state index in [-0.39, 0.29) is 5.91 Å². The van der Waals surface area contributed by atoms with E-state index in [4.69, 9.17) is 4.74 Å². The van der Waals surface area contributed by atoms with E-state index >= 15 is 0 Å². The Labute approximate surface area is 150 Å². The van der Waals surface area contributed by atoms with Gasteiger partial charge in [-0.25, -0.2) is 0 Å². The fourth-order valence-corrected chi connectivity index (χ4v) is 2.53. The summed E-state index contributed by atoms with van der Waals surface area (Å²) in [5, 5.41) is 6.22. The highest BCUT2D eigenvalue weighted by atomic mass is 16.5. The van der Waals surface area contributed by atoms with Crippen LogP contribution in [0, 0.1) is 0 Å². The lowest BCUT2D eigenvalue weighted by atomic mass is 10.1. The number of nitrogens with one attached hydrogen (secondary N) is 2. The number of rotatable bonds is 9. The highest BCUT2D eigenvalue weighted by Crippen LogP contribution is 2.17. The summed E-state index contributed by atoms with van der Waals surface area (Å²) in [7, 11) is 5.66. The van der Waals surface area contributed by atoms with Crippen LogP contribution in [0.1, 0.15) is 12.0 Å². The molecule has 0 unspecified atom stereocenters. The molecule has 134 valence electrons. The van der Waals surface area contributed by atoms with Crippen molar-refractivity contribution in [3.05, 3.63) is 54.1 Å². The number of methoxy groups -OCH3 is 1. The van der Waals surface area contributed by atoms with Crippen molar-refractivity contribution in [2.45, 2.75) is 12.8 Å². The molecule has 0 atom stereocenters. The molecule has 0 spiro atoms. The van der Waals surface area contributed by atoms with Crippen molar-refractivity contribution in [2.75, 3.05) is 44.5 Å². The molecule has 0 aliphatic rings. The number of benzene rings is 2. The molecule has 0 saturated heterocycles. The molecule has 5 nitrogen and oxygen atoms in total. The number of hydrogen-bond donors (Lipinski definition) is 2. The first-order valence-corrected chi connectivity index (χ1v) is 8.50. The normalized spacial score (nSPS) is 10.4. The summed E-state index contributed by atoms with van der Waals surface area (Å²) in [6.45, 7) is 1.46. The molecule has 25 heavy (non-hydrogen) atoms. The molecule has 0 aliphatic heterocycles. The highest BCUT2D eigenvalue weighted by molar-refractivity contribution is 5.91. The molecule has 2 aromatic rings. The zero-order valence-corrected chi connectivity index (χ0v) is 15.2. The number of carbonyl (C=O) groups is 1. The van der Waals surface area contributed by atoms with Gasteiger partial charge in [0.2, 0.25) is 5.91 Å². The van der Waals surface area contributed by atoms with Crippen molar-refractivity contribution >= 4 is 17.3 Å². The molecule has 0 bridgehead atoms. The Balaban J connectivity index is 1.67. The third-order valence-electron chi connectivity index (χ3n) is 3.96. The Morgan fingerprint density at radius 3 is 2.44 bits per heavy atom. The summed E-state index contributed by atoms with van der Waals surface area (Å²) in [6, 6.07) is 15.8. The zero-order chi connectivity index (χ0) is 18.1. The van der Waals surface area contributed by atoms with Gasteiger partial charge in [-0.3, -0.25) is 4.79 Å². The highest BCUT2D eigenvalue weighted by Gasteiger charge is 2.04. The average molecular weight is 341 g/mol. The first-order chi connectivity index (χ1) is 12.1. The first kappa shape index (κ1) is 18.8. The van der Waals surface area contributed by atoms with E-state index in [9.17, 15) is 4.79 Å². The molecule has 2 N–H and O–H groups in total. The van der Waals surface area contributed by atoms with Gasteiger partial charge in [-0.15, -0.1) is 0 Å². The summed E-state index contributed by atoms with van der Waals surface area (Å²) < 4.78 is 5.34. The lowest BCUT2D eigenvalue weighted by molar-refractivity contribution is -0.116. The number of hydrogen-bond acceptors (Lipinski definition) is 4. The minimum absolute atomic E-state index is 0.0161. The molecule has 0 saturated carbocycles. The Kier molecular flexibility index (Phi) is 7.29. The maximum Gasteiger partial charge on any atom is 0.225 e.